The molecule has 5 rings (SSSR count). The third kappa shape index (κ3) is 3.06. The molecule has 2 aliphatic rings. The number of nitrogens with one attached hydrogen (secondary N) is 1. The molecule has 152 valence electrons. The maximum Gasteiger partial charge on any atom is 0.229 e. The lowest BCUT2D eigenvalue weighted by atomic mass is 9.99. The molecule has 3 atom stereocenters. The lowest BCUT2D eigenvalue weighted by Crippen LogP contribution is -2.17. The van der Waals surface area contributed by atoms with E-state index in [9.17, 15) is 14.0 Å². The van der Waals surface area contributed by atoms with Crippen molar-refractivity contribution >= 4 is 39.9 Å². The number of pyridine rings is 2. The minimum atomic E-state index is -0.528. The van der Waals surface area contributed by atoms with Crippen molar-refractivity contribution in [2.75, 3.05) is 5.32 Å². The molecule has 5 nitrogen and oxygen atoms in total. The summed E-state index contributed by atoms with van der Waals surface area (Å²) in [5.74, 6) is -0.388. The number of aromatic nitrogens is 2. The van der Waals surface area contributed by atoms with Crippen LogP contribution in [0.15, 0.2) is 36.8 Å². The van der Waals surface area contributed by atoms with E-state index < -0.39 is 5.82 Å². The number of amides is 1. The standard InChI is InChI=1S/C23H19ClFN3O2/c1-11-5-6-26-9-15(11)14-7-12-8-18(27-10-16(12)21(24)22(14)25)28-23(30)20-13-3-2-4-17(29)19(13)20/h5-10,13,19-20H,2-4H2,1H3,(H,27,28,30)/t13-,19-,20+/m1/s1. The Morgan fingerprint density at radius 3 is 2.87 bits per heavy atom. The molecular formula is C23H19ClFN3O2. The largest absolute Gasteiger partial charge is 0.310 e. The molecule has 0 unspecified atom stereocenters. The van der Waals surface area contributed by atoms with Crippen LogP contribution in [0.2, 0.25) is 5.02 Å². The number of aryl methyl sites for hydroxylation is 1. The number of halogens is 2. The van der Waals surface area contributed by atoms with E-state index >= 15 is 0 Å². The van der Waals surface area contributed by atoms with E-state index in [1.165, 1.54) is 6.20 Å². The Kier molecular flexibility index (Phi) is 4.54. The van der Waals surface area contributed by atoms with Gasteiger partial charge in [0.2, 0.25) is 5.91 Å². The summed E-state index contributed by atoms with van der Waals surface area (Å²) in [4.78, 5) is 33.0. The van der Waals surface area contributed by atoms with Gasteiger partial charge in [0.15, 0.2) is 0 Å². The molecule has 2 aromatic heterocycles. The number of hydrogen-bond acceptors (Lipinski definition) is 4. The van der Waals surface area contributed by atoms with Crippen molar-refractivity contribution in [3.63, 3.8) is 0 Å². The molecule has 0 radical (unpaired) electrons. The second kappa shape index (κ2) is 7.13. The fourth-order valence-corrected chi connectivity index (χ4v) is 4.92. The Morgan fingerprint density at radius 2 is 2.10 bits per heavy atom. The number of benzene rings is 1. The molecule has 2 fully saturated rings. The average molecular weight is 424 g/mol. The zero-order valence-electron chi connectivity index (χ0n) is 16.3. The van der Waals surface area contributed by atoms with Crippen LogP contribution in [-0.4, -0.2) is 21.7 Å². The lowest BCUT2D eigenvalue weighted by molar-refractivity contribution is -0.124. The molecule has 7 heteroatoms. The SMILES string of the molecule is Cc1ccncc1-c1cc2cc(NC(=O)[C@H]3[C@@H]4CCCC(=O)[C@@H]43)ncc2c(Cl)c1F. The first kappa shape index (κ1) is 19.1. The molecule has 3 aromatic rings. The number of ketones is 1. The Balaban J connectivity index is 1.48. The Morgan fingerprint density at radius 1 is 1.27 bits per heavy atom. The third-order valence-corrected chi connectivity index (χ3v) is 6.66. The number of anilines is 1. The number of rotatable bonds is 3. The van der Waals surface area contributed by atoms with Crippen molar-refractivity contribution in [2.24, 2.45) is 17.8 Å². The number of nitrogens with zero attached hydrogens (tertiary/aromatic N) is 2. The highest BCUT2D eigenvalue weighted by Crippen LogP contribution is 2.54. The lowest BCUT2D eigenvalue weighted by Gasteiger charge is -2.12. The summed E-state index contributed by atoms with van der Waals surface area (Å²) in [5.41, 5.74) is 1.88. The number of carbonyl (C=O) groups excluding carboxylic acids is 2. The van der Waals surface area contributed by atoms with Crippen molar-refractivity contribution < 1.29 is 14.0 Å². The van der Waals surface area contributed by atoms with E-state index in [0.717, 1.165) is 18.4 Å². The molecule has 2 saturated carbocycles. The van der Waals surface area contributed by atoms with Gasteiger partial charge in [-0.25, -0.2) is 9.37 Å². The Hall–Kier alpha value is -2.86. The second-order valence-electron chi connectivity index (χ2n) is 8.10. The van der Waals surface area contributed by atoms with Crippen LogP contribution < -0.4 is 5.32 Å². The van der Waals surface area contributed by atoms with Crippen LogP contribution in [0.5, 0.6) is 0 Å². The van der Waals surface area contributed by atoms with Crippen LogP contribution in [0.25, 0.3) is 21.9 Å². The van der Waals surface area contributed by atoms with Gasteiger partial charge >= 0.3 is 0 Å². The van der Waals surface area contributed by atoms with E-state index in [-0.39, 0.29) is 34.5 Å². The van der Waals surface area contributed by atoms with Crippen LogP contribution in [0.3, 0.4) is 0 Å². The van der Waals surface area contributed by atoms with Gasteiger partial charge in [-0.15, -0.1) is 0 Å². The minimum absolute atomic E-state index is 0.0186. The average Bonchev–Trinajstić information content (AvgIpc) is 3.47. The van der Waals surface area contributed by atoms with Crippen LogP contribution in [0.1, 0.15) is 24.8 Å². The van der Waals surface area contributed by atoms with Gasteiger partial charge in [0.1, 0.15) is 17.4 Å². The molecular weight excluding hydrogens is 405 g/mol. The summed E-state index contributed by atoms with van der Waals surface area (Å²) in [7, 11) is 0. The number of fused-ring (bicyclic) bond motifs is 2. The van der Waals surface area contributed by atoms with Crippen LogP contribution in [0.4, 0.5) is 10.2 Å². The fourth-order valence-electron chi connectivity index (χ4n) is 4.66. The molecule has 0 spiro atoms. The Bertz CT molecular complexity index is 1210. The van der Waals surface area contributed by atoms with Crippen molar-refractivity contribution in [1.82, 2.24) is 9.97 Å². The smallest absolute Gasteiger partial charge is 0.229 e. The molecule has 0 bridgehead atoms. The predicted octanol–water partition coefficient (Wildman–Crippen LogP) is 4.95. The number of carbonyl (C=O) groups is 2. The van der Waals surface area contributed by atoms with E-state index in [1.54, 1.807) is 30.6 Å². The van der Waals surface area contributed by atoms with Gasteiger partial charge in [-0.05, 0) is 54.8 Å². The van der Waals surface area contributed by atoms with Crippen molar-refractivity contribution in [2.45, 2.75) is 26.2 Å². The highest BCUT2D eigenvalue weighted by molar-refractivity contribution is 6.36. The highest BCUT2D eigenvalue weighted by Gasteiger charge is 2.59. The molecule has 0 aliphatic heterocycles. The minimum Gasteiger partial charge on any atom is -0.310 e. The normalized spacial score (nSPS) is 22.6. The van der Waals surface area contributed by atoms with E-state index in [1.807, 2.05) is 6.92 Å². The maximum absolute atomic E-state index is 14.9. The maximum atomic E-state index is 14.9. The first-order chi connectivity index (χ1) is 14.5. The van der Waals surface area contributed by atoms with Gasteiger partial charge in [-0.1, -0.05) is 11.6 Å². The van der Waals surface area contributed by atoms with E-state index in [0.29, 0.717) is 34.1 Å². The molecule has 2 heterocycles. The number of Topliss-reactive ketones (excluding diaryl/α,β-unsaturated/α-hetero) is 1. The van der Waals surface area contributed by atoms with Crippen molar-refractivity contribution in [3.8, 4) is 11.1 Å². The van der Waals surface area contributed by atoms with Gasteiger partial charge < -0.3 is 5.32 Å². The van der Waals surface area contributed by atoms with Crippen LogP contribution in [-0.2, 0) is 9.59 Å². The Labute approximate surface area is 177 Å². The summed E-state index contributed by atoms with van der Waals surface area (Å²) >= 11 is 6.29. The monoisotopic (exact) mass is 423 g/mol. The van der Waals surface area contributed by atoms with Gasteiger partial charge in [0, 0.05) is 47.4 Å². The summed E-state index contributed by atoms with van der Waals surface area (Å²) in [6.07, 6.45) is 7.06. The molecule has 30 heavy (non-hydrogen) atoms. The highest BCUT2D eigenvalue weighted by atomic mass is 35.5. The molecule has 0 saturated heterocycles. The topological polar surface area (TPSA) is 72.0 Å². The van der Waals surface area contributed by atoms with Gasteiger partial charge in [-0.3, -0.25) is 14.6 Å². The summed E-state index contributed by atoms with van der Waals surface area (Å²) in [6.45, 7) is 1.88. The molecule has 1 N–H and O–H groups in total. The van der Waals surface area contributed by atoms with Crippen LogP contribution in [0, 0.1) is 30.5 Å². The molecule has 2 aliphatic carbocycles. The van der Waals surface area contributed by atoms with E-state index in [4.69, 9.17) is 11.6 Å². The molecule has 1 aromatic carbocycles. The molecule has 1 amide bonds. The van der Waals surface area contributed by atoms with Gasteiger partial charge in [0.05, 0.1) is 10.9 Å². The zero-order chi connectivity index (χ0) is 21.0. The van der Waals surface area contributed by atoms with Gasteiger partial charge in [0.25, 0.3) is 0 Å². The first-order valence-corrected chi connectivity index (χ1v) is 10.4. The number of hydrogen-bond donors (Lipinski definition) is 1. The first-order valence-electron chi connectivity index (χ1n) is 9.98. The van der Waals surface area contributed by atoms with Crippen molar-refractivity contribution in [3.05, 3.63) is 53.2 Å². The predicted molar refractivity (Wildman–Crippen MR) is 113 cm³/mol. The third-order valence-electron chi connectivity index (χ3n) is 6.29. The van der Waals surface area contributed by atoms with Crippen LogP contribution >= 0.6 is 11.6 Å². The fraction of sp³-hybridized carbons (Fsp3) is 0.304. The second-order valence-corrected chi connectivity index (χ2v) is 8.47. The van der Waals surface area contributed by atoms with Gasteiger partial charge in [-0.2, -0.15) is 0 Å². The van der Waals surface area contributed by atoms with Crippen molar-refractivity contribution in [1.29, 1.82) is 0 Å². The quantitative estimate of drug-likeness (QED) is 0.646. The summed E-state index contributed by atoms with van der Waals surface area (Å²) < 4.78 is 14.9. The summed E-state index contributed by atoms with van der Waals surface area (Å²) in [6, 6.07) is 5.18. The van der Waals surface area contributed by atoms with E-state index in [2.05, 4.69) is 15.3 Å². The summed E-state index contributed by atoms with van der Waals surface area (Å²) in [5, 5.41) is 3.93. The zero-order valence-corrected chi connectivity index (χ0v) is 17.0.